The van der Waals surface area contributed by atoms with E-state index in [4.69, 9.17) is 4.43 Å². The molecule has 0 aliphatic rings. The molecular weight excluding hydrogens is 332 g/mol. The minimum Gasteiger partial charge on any atom is -0.542 e. The second-order valence-electron chi connectivity index (χ2n) is 7.45. The predicted molar refractivity (Wildman–Crippen MR) is 111 cm³/mol. The van der Waals surface area contributed by atoms with E-state index < -0.39 is 8.32 Å². The third-order valence-electron chi connectivity index (χ3n) is 4.58. The highest BCUT2D eigenvalue weighted by Crippen LogP contribution is 2.45. The van der Waals surface area contributed by atoms with Crippen LogP contribution >= 0.6 is 11.8 Å². The van der Waals surface area contributed by atoms with Crippen molar-refractivity contribution in [3.05, 3.63) is 41.3 Å². The molecule has 0 amide bonds. The highest BCUT2D eigenvalue weighted by molar-refractivity contribution is 8.02. The van der Waals surface area contributed by atoms with Crippen LogP contribution in [0.3, 0.4) is 0 Å². The van der Waals surface area contributed by atoms with Crippen molar-refractivity contribution in [2.45, 2.75) is 71.2 Å². The first-order valence-corrected chi connectivity index (χ1v) is 12.1. The van der Waals surface area contributed by atoms with Crippen molar-refractivity contribution < 1.29 is 9.53 Å². The summed E-state index contributed by atoms with van der Waals surface area (Å²) in [5.74, 6) is 1.64. The molecule has 0 aliphatic heterocycles. The third-order valence-corrected chi connectivity index (χ3v) is 11.6. The van der Waals surface area contributed by atoms with Crippen LogP contribution in [-0.2, 0) is 4.43 Å². The van der Waals surface area contributed by atoms with Crippen LogP contribution in [0.15, 0.2) is 35.7 Å². The van der Waals surface area contributed by atoms with Gasteiger partial charge in [-0.3, -0.25) is 0 Å². The summed E-state index contributed by atoms with van der Waals surface area (Å²) in [5, 5.41) is 11.6. The van der Waals surface area contributed by atoms with E-state index in [1.54, 1.807) is 11.8 Å². The van der Waals surface area contributed by atoms with E-state index in [1.165, 1.54) is 0 Å². The molecule has 0 bridgehead atoms. The lowest BCUT2D eigenvalue weighted by molar-refractivity contribution is 0.220. The van der Waals surface area contributed by atoms with Gasteiger partial charge in [0.15, 0.2) is 0 Å². The fourth-order valence-electron chi connectivity index (χ4n) is 3.56. The van der Waals surface area contributed by atoms with Crippen LogP contribution < -0.4 is 0 Å². The summed E-state index contributed by atoms with van der Waals surface area (Å²) in [4.78, 5) is 0. The smallest absolute Gasteiger partial charge is 0.258 e. The molecule has 0 spiro atoms. The molecule has 4 heteroatoms. The Morgan fingerprint density at radius 3 is 1.92 bits per heavy atom. The first-order valence-electron chi connectivity index (χ1n) is 8.96. The summed E-state index contributed by atoms with van der Waals surface area (Å²) >= 11 is 1.63. The van der Waals surface area contributed by atoms with Crippen molar-refractivity contribution in [3.8, 4) is 0 Å². The molecule has 0 heterocycles. The molecule has 1 rings (SSSR count). The van der Waals surface area contributed by atoms with E-state index in [0.717, 1.165) is 11.3 Å². The average Bonchev–Trinajstić information content (AvgIpc) is 2.50. The number of hydrogen-bond donors (Lipinski definition) is 1. The fourth-order valence-corrected chi connectivity index (χ4v) is 9.62. The van der Waals surface area contributed by atoms with Gasteiger partial charge in [-0.25, -0.2) is 0 Å². The number of hydrogen-bond acceptors (Lipinski definition) is 3. The first-order chi connectivity index (χ1) is 11.2. The van der Waals surface area contributed by atoms with Gasteiger partial charge in [0.1, 0.15) is 5.76 Å². The van der Waals surface area contributed by atoms with E-state index in [2.05, 4.69) is 71.2 Å². The van der Waals surface area contributed by atoms with Crippen LogP contribution in [0.2, 0.25) is 16.6 Å². The molecule has 1 atom stereocenters. The molecule has 1 aromatic carbocycles. The van der Waals surface area contributed by atoms with Gasteiger partial charge in [0.05, 0.1) is 6.10 Å². The van der Waals surface area contributed by atoms with E-state index >= 15 is 0 Å². The number of aliphatic hydroxyl groups is 1. The van der Waals surface area contributed by atoms with Gasteiger partial charge < -0.3 is 9.53 Å². The maximum Gasteiger partial charge on any atom is 0.258 e. The van der Waals surface area contributed by atoms with Crippen molar-refractivity contribution in [3.63, 3.8) is 0 Å². The average molecular weight is 367 g/mol. The summed E-state index contributed by atoms with van der Waals surface area (Å²) in [6.07, 6.45) is -0.314. The molecule has 0 saturated carbocycles. The summed E-state index contributed by atoms with van der Waals surface area (Å²) in [7, 11) is -1.99. The van der Waals surface area contributed by atoms with Crippen LogP contribution in [-0.4, -0.2) is 25.3 Å². The molecule has 24 heavy (non-hydrogen) atoms. The molecule has 136 valence electrons. The van der Waals surface area contributed by atoms with Gasteiger partial charge in [0.25, 0.3) is 8.32 Å². The normalized spacial score (nSPS) is 14.5. The fraction of sp³-hybridized carbons (Fsp3) is 0.600. The summed E-state index contributed by atoms with van der Waals surface area (Å²) in [6.45, 7) is 15.6. The standard InChI is InChI=1S/C20H34O2SSi/c1-15(2)24(16(3)4,17(5)6)22-20(14-23-13-18(7)21)19-11-9-8-10-12-19/h8-12,14-18,21H,13H2,1-7H3/b20-14-/t18-/m0/s1. The quantitative estimate of drug-likeness (QED) is 0.411. The molecule has 0 fully saturated rings. The van der Waals surface area contributed by atoms with Gasteiger partial charge in [-0.15, -0.1) is 11.8 Å². The van der Waals surface area contributed by atoms with Crippen molar-refractivity contribution in [2.75, 3.05) is 5.75 Å². The van der Waals surface area contributed by atoms with Crippen LogP contribution in [0.4, 0.5) is 0 Å². The lowest BCUT2D eigenvalue weighted by atomic mass is 10.2. The van der Waals surface area contributed by atoms with E-state index in [-0.39, 0.29) is 6.10 Å². The predicted octanol–water partition coefficient (Wildman–Crippen LogP) is 6.29. The molecule has 1 N–H and O–H groups in total. The Hall–Kier alpha value is -0.713. The minimum atomic E-state index is -1.99. The van der Waals surface area contributed by atoms with Crippen molar-refractivity contribution >= 4 is 25.8 Å². The topological polar surface area (TPSA) is 29.5 Å². The van der Waals surface area contributed by atoms with E-state index in [1.807, 2.05) is 13.0 Å². The monoisotopic (exact) mass is 366 g/mol. The molecular formula is C20H34O2SSi. The third kappa shape index (κ3) is 5.40. The molecule has 0 saturated heterocycles. The lowest BCUT2D eigenvalue weighted by Gasteiger charge is -2.43. The van der Waals surface area contributed by atoms with Gasteiger partial charge in [0.2, 0.25) is 0 Å². The molecule has 1 aromatic rings. The number of rotatable bonds is 9. The van der Waals surface area contributed by atoms with Crippen LogP contribution in [0, 0.1) is 0 Å². The second-order valence-corrected chi connectivity index (χ2v) is 13.7. The zero-order chi connectivity index (χ0) is 18.3. The Kier molecular flexibility index (Phi) is 8.61. The maximum absolute atomic E-state index is 9.55. The van der Waals surface area contributed by atoms with Gasteiger partial charge in [-0.1, -0.05) is 71.9 Å². The summed E-state index contributed by atoms with van der Waals surface area (Å²) in [5.41, 5.74) is 2.72. The maximum atomic E-state index is 9.55. The summed E-state index contributed by atoms with van der Waals surface area (Å²) in [6, 6.07) is 10.3. The second kappa shape index (κ2) is 9.69. The van der Waals surface area contributed by atoms with Crippen LogP contribution in [0.5, 0.6) is 0 Å². The van der Waals surface area contributed by atoms with Gasteiger partial charge in [-0.2, -0.15) is 0 Å². The van der Waals surface area contributed by atoms with Crippen molar-refractivity contribution in [2.24, 2.45) is 0 Å². The highest BCUT2D eigenvalue weighted by atomic mass is 32.2. The Morgan fingerprint density at radius 1 is 1.00 bits per heavy atom. The molecule has 0 unspecified atom stereocenters. The van der Waals surface area contributed by atoms with Crippen molar-refractivity contribution in [1.82, 2.24) is 0 Å². The molecule has 0 radical (unpaired) electrons. The first kappa shape index (κ1) is 21.3. The number of thioether (sulfide) groups is 1. The van der Waals surface area contributed by atoms with Crippen LogP contribution in [0.1, 0.15) is 54.0 Å². The molecule has 0 aromatic heterocycles. The SMILES string of the molecule is CC(C)[Si](O/C(=C\SC[C@H](C)O)c1ccccc1)(C(C)C)C(C)C. The van der Waals surface area contributed by atoms with E-state index in [9.17, 15) is 5.11 Å². The minimum absolute atomic E-state index is 0.314. The van der Waals surface area contributed by atoms with Gasteiger partial charge in [-0.05, 0) is 23.5 Å². The Balaban J connectivity index is 3.23. The highest BCUT2D eigenvalue weighted by Gasteiger charge is 2.47. The Labute approximate surface area is 153 Å². The zero-order valence-corrected chi connectivity index (χ0v) is 18.1. The largest absolute Gasteiger partial charge is 0.542 e. The number of aliphatic hydroxyl groups excluding tert-OH is 1. The van der Waals surface area contributed by atoms with Crippen molar-refractivity contribution in [1.29, 1.82) is 0 Å². The van der Waals surface area contributed by atoms with Crippen LogP contribution in [0.25, 0.3) is 5.76 Å². The Morgan fingerprint density at radius 2 is 1.50 bits per heavy atom. The molecule has 2 nitrogen and oxygen atoms in total. The zero-order valence-electron chi connectivity index (χ0n) is 16.2. The summed E-state index contributed by atoms with van der Waals surface area (Å²) < 4.78 is 6.89. The number of benzene rings is 1. The van der Waals surface area contributed by atoms with Gasteiger partial charge in [0, 0.05) is 16.7 Å². The van der Waals surface area contributed by atoms with E-state index in [0.29, 0.717) is 22.4 Å². The Bertz CT molecular complexity index is 488. The lowest BCUT2D eigenvalue weighted by Crippen LogP contribution is -2.47. The van der Waals surface area contributed by atoms with Gasteiger partial charge >= 0.3 is 0 Å². The molecule has 0 aliphatic carbocycles.